The Hall–Kier alpha value is -2.12. The van der Waals surface area contributed by atoms with Crippen LogP contribution < -0.4 is 4.74 Å². The summed E-state index contributed by atoms with van der Waals surface area (Å²) in [6.07, 6.45) is 1.92. The second kappa shape index (κ2) is 7.63. The molecule has 7 nitrogen and oxygen atoms in total. The van der Waals surface area contributed by atoms with E-state index in [2.05, 4.69) is 15.2 Å². The van der Waals surface area contributed by atoms with E-state index in [1.807, 2.05) is 30.5 Å². The number of benzene rings is 1. The van der Waals surface area contributed by atoms with Crippen molar-refractivity contribution in [2.24, 2.45) is 0 Å². The Morgan fingerprint density at radius 1 is 1.29 bits per heavy atom. The number of halogens is 1. The van der Waals surface area contributed by atoms with E-state index in [9.17, 15) is 4.79 Å². The van der Waals surface area contributed by atoms with Crippen LogP contribution in [0.1, 0.15) is 5.69 Å². The predicted molar refractivity (Wildman–Crippen MR) is 90.5 cm³/mol. The highest BCUT2D eigenvalue weighted by molar-refractivity contribution is 6.27. The van der Waals surface area contributed by atoms with Crippen LogP contribution in [0.3, 0.4) is 0 Å². The van der Waals surface area contributed by atoms with Gasteiger partial charge in [-0.1, -0.05) is 11.3 Å². The fourth-order valence-corrected chi connectivity index (χ4v) is 2.89. The number of piperazine rings is 1. The van der Waals surface area contributed by atoms with Crippen LogP contribution in [0.15, 0.2) is 30.5 Å². The number of nitrogens with zero attached hydrogens (tertiary/aromatic N) is 5. The molecule has 1 amide bonds. The first-order valence-electron chi connectivity index (χ1n) is 7.81. The summed E-state index contributed by atoms with van der Waals surface area (Å²) in [6, 6.07) is 7.68. The van der Waals surface area contributed by atoms with Crippen LogP contribution in [0, 0.1) is 0 Å². The van der Waals surface area contributed by atoms with Crippen molar-refractivity contribution in [3.05, 3.63) is 36.2 Å². The van der Waals surface area contributed by atoms with E-state index in [-0.39, 0.29) is 11.8 Å². The summed E-state index contributed by atoms with van der Waals surface area (Å²) >= 11 is 5.60. The van der Waals surface area contributed by atoms with Crippen LogP contribution in [0.5, 0.6) is 5.75 Å². The topological polar surface area (TPSA) is 63.5 Å². The summed E-state index contributed by atoms with van der Waals surface area (Å²) in [4.78, 5) is 15.6. The number of aromatic nitrogens is 3. The number of amides is 1. The summed E-state index contributed by atoms with van der Waals surface area (Å²) < 4.78 is 6.97. The van der Waals surface area contributed by atoms with Gasteiger partial charge in [0.25, 0.3) is 0 Å². The first kappa shape index (κ1) is 16.7. The molecule has 0 bridgehead atoms. The van der Waals surface area contributed by atoms with Crippen molar-refractivity contribution in [2.75, 3.05) is 39.2 Å². The second-order valence-electron chi connectivity index (χ2n) is 5.65. The number of methoxy groups -OCH3 is 1. The van der Waals surface area contributed by atoms with E-state index in [4.69, 9.17) is 16.3 Å². The Labute approximate surface area is 145 Å². The largest absolute Gasteiger partial charge is 0.497 e. The van der Waals surface area contributed by atoms with Crippen molar-refractivity contribution < 1.29 is 9.53 Å². The zero-order valence-corrected chi connectivity index (χ0v) is 14.3. The molecule has 8 heteroatoms. The third-order valence-corrected chi connectivity index (χ3v) is 4.31. The molecule has 1 saturated heterocycles. The molecule has 0 radical (unpaired) electrons. The van der Waals surface area contributed by atoms with Crippen LogP contribution in [-0.4, -0.2) is 69.9 Å². The molecule has 0 aliphatic carbocycles. The van der Waals surface area contributed by atoms with Gasteiger partial charge < -0.3 is 9.64 Å². The minimum absolute atomic E-state index is 0.000265. The molecule has 0 atom stereocenters. The van der Waals surface area contributed by atoms with E-state index in [1.165, 1.54) is 0 Å². The highest BCUT2D eigenvalue weighted by Gasteiger charge is 2.21. The highest BCUT2D eigenvalue weighted by atomic mass is 35.5. The molecular formula is C16H20ClN5O2. The number of hydrogen-bond donors (Lipinski definition) is 0. The third kappa shape index (κ3) is 3.85. The highest BCUT2D eigenvalue weighted by Crippen LogP contribution is 2.16. The van der Waals surface area contributed by atoms with Crippen LogP contribution >= 0.6 is 11.6 Å². The number of ether oxygens (including phenoxy) is 1. The van der Waals surface area contributed by atoms with Crippen molar-refractivity contribution in [3.63, 3.8) is 0 Å². The van der Waals surface area contributed by atoms with Gasteiger partial charge in [-0.2, -0.15) is 0 Å². The Balaban J connectivity index is 1.60. The summed E-state index contributed by atoms with van der Waals surface area (Å²) in [6.45, 7) is 3.75. The van der Waals surface area contributed by atoms with E-state index < -0.39 is 0 Å². The summed E-state index contributed by atoms with van der Waals surface area (Å²) in [5, 5.41) is 8.43. The molecular weight excluding hydrogens is 330 g/mol. The van der Waals surface area contributed by atoms with Gasteiger partial charge in [-0.15, -0.1) is 16.7 Å². The summed E-state index contributed by atoms with van der Waals surface area (Å²) in [7, 11) is 1.64. The van der Waals surface area contributed by atoms with Gasteiger partial charge in [0, 0.05) is 38.8 Å². The van der Waals surface area contributed by atoms with Crippen LogP contribution in [0.4, 0.5) is 0 Å². The lowest BCUT2D eigenvalue weighted by molar-refractivity contribution is -0.130. The molecule has 2 aromatic rings. The number of alkyl halides is 1. The van der Waals surface area contributed by atoms with Gasteiger partial charge in [0.2, 0.25) is 5.91 Å². The maximum absolute atomic E-state index is 11.6. The molecule has 24 heavy (non-hydrogen) atoms. The lowest BCUT2D eigenvalue weighted by atomic mass is 10.3. The molecule has 0 unspecified atom stereocenters. The zero-order chi connectivity index (χ0) is 16.9. The van der Waals surface area contributed by atoms with E-state index >= 15 is 0 Å². The van der Waals surface area contributed by atoms with Crippen molar-refractivity contribution in [3.8, 4) is 11.4 Å². The quantitative estimate of drug-likeness (QED) is 0.758. The molecule has 3 rings (SSSR count). The van der Waals surface area contributed by atoms with Crippen molar-refractivity contribution in [1.82, 2.24) is 24.8 Å². The smallest absolute Gasteiger partial charge is 0.237 e. The number of carbonyl (C=O) groups excluding carboxylic acids is 1. The average Bonchev–Trinajstić information content (AvgIpc) is 3.10. The molecule has 0 spiro atoms. The van der Waals surface area contributed by atoms with Crippen LogP contribution in [0.25, 0.3) is 5.69 Å². The number of hydrogen-bond acceptors (Lipinski definition) is 5. The van der Waals surface area contributed by atoms with Gasteiger partial charge in [-0.3, -0.25) is 9.69 Å². The first-order chi connectivity index (χ1) is 11.7. The lowest BCUT2D eigenvalue weighted by Crippen LogP contribution is -2.48. The molecule has 0 N–H and O–H groups in total. The number of rotatable bonds is 5. The normalized spacial score (nSPS) is 15.5. The van der Waals surface area contributed by atoms with Crippen molar-refractivity contribution >= 4 is 17.5 Å². The molecule has 1 aliphatic rings. The van der Waals surface area contributed by atoms with Gasteiger partial charge in [0.15, 0.2) is 0 Å². The molecule has 0 saturated carbocycles. The minimum Gasteiger partial charge on any atom is -0.497 e. The number of carbonyl (C=O) groups is 1. The second-order valence-corrected chi connectivity index (χ2v) is 5.91. The standard InChI is InChI=1S/C16H20ClN5O2/c1-24-15-4-2-3-14(9-15)22-12-13(18-19-22)11-20-5-7-21(8-6-20)16(23)10-17/h2-4,9,12H,5-8,10-11H2,1H3. The van der Waals surface area contributed by atoms with Gasteiger partial charge in [0.1, 0.15) is 11.6 Å². The first-order valence-corrected chi connectivity index (χ1v) is 8.35. The van der Waals surface area contributed by atoms with E-state index in [1.54, 1.807) is 16.7 Å². The summed E-state index contributed by atoms with van der Waals surface area (Å²) in [5.74, 6) is 0.833. The van der Waals surface area contributed by atoms with Gasteiger partial charge in [-0.05, 0) is 12.1 Å². The lowest BCUT2D eigenvalue weighted by Gasteiger charge is -2.33. The molecule has 128 valence electrons. The Bertz CT molecular complexity index is 697. The molecule has 1 fully saturated rings. The molecule has 2 heterocycles. The predicted octanol–water partition coefficient (Wildman–Crippen LogP) is 1.16. The van der Waals surface area contributed by atoms with Gasteiger partial charge in [-0.25, -0.2) is 4.68 Å². The maximum Gasteiger partial charge on any atom is 0.237 e. The minimum atomic E-state index is 0.000265. The fraction of sp³-hybridized carbons (Fsp3) is 0.438. The SMILES string of the molecule is COc1cccc(-n2cc(CN3CCN(C(=O)CCl)CC3)nn2)c1. The zero-order valence-electron chi connectivity index (χ0n) is 13.6. The Morgan fingerprint density at radius 2 is 2.08 bits per heavy atom. The monoisotopic (exact) mass is 349 g/mol. The Kier molecular flexibility index (Phi) is 5.32. The maximum atomic E-state index is 11.6. The van der Waals surface area contributed by atoms with Crippen LogP contribution in [0.2, 0.25) is 0 Å². The molecule has 1 aromatic heterocycles. The molecule has 1 aromatic carbocycles. The molecule has 1 aliphatic heterocycles. The fourth-order valence-electron chi connectivity index (χ4n) is 2.72. The third-order valence-electron chi connectivity index (χ3n) is 4.08. The van der Waals surface area contributed by atoms with Gasteiger partial charge >= 0.3 is 0 Å². The Morgan fingerprint density at radius 3 is 2.79 bits per heavy atom. The van der Waals surface area contributed by atoms with Crippen molar-refractivity contribution in [2.45, 2.75) is 6.54 Å². The van der Waals surface area contributed by atoms with Crippen LogP contribution in [-0.2, 0) is 11.3 Å². The van der Waals surface area contributed by atoms with Crippen molar-refractivity contribution in [1.29, 1.82) is 0 Å². The average molecular weight is 350 g/mol. The van der Waals surface area contributed by atoms with Gasteiger partial charge in [0.05, 0.1) is 24.7 Å². The summed E-state index contributed by atoms with van der Waals surface area (Å²) in [5.41, 5.74) is 1.81. The van der Waals surface area contributed by atoms with E-state index in [0.29, 0.717) is 19.6 Å². The van der Waals surface area contributed by atoms with E-state index in [0.717, 1.165) is 30.2 Å².